The Hall–Kier alpha value is -0.570. The molecule has 0 radical (unpaired) electrons. The van der Waals surface area contributed by atoms with Crippen molar-refractivity contribution in [3.8, 4) is 0 Å². The van der Waals surface area contributed by atoms with Crippen LogP contribution in [0.25, 0.3) is 0 Å². The minimum atomic E-state index is -0.515. The van der Waals surface area contributed by atoms with Crippen LogP contribution in [0.4, 0.5) is 0 Å². The highest BCUT2D eigenvalue weighted by Crippen LogP contribution is 2.54. The highest BCUT2D eigenvalue weighted by molar-refractivity contribution is 5.85. The maximum atomic E-state index is 11.2. The van der Waals surface area contributed by atoms with Gasteiger partial charge < -0.3 is 10.8 Å². The van der Waals surface area contributed by atoms with Gasteiger partial charge in [-0.25, -0.2) is 0 Å². The molecule has 1 aromatic carbocycles. The fourth-order valence-corrected chi connectivity index (χ4v) is 4.35. The molecule has 0 bridgehead atoms. The van der Waals surface area contributed by atoms with Crippen LogP contribution in [0.15, 0.2) is 24.3 Å². The zero-order valence-corrected chi connectivity index (χ0v) is 12.2. The van der Waals surface area contributed by atoms with Crippen LogP contribution in [0.2, 0.25) is 0 Å². The lowest BCUT2D eigenvalue weighted by molar-refractivity contribution is -0.0862. The molecule has 0 spiro atoms. The zero-order chi connectivity index (χ0) is 12.6. The standard InChI is InChI=1S/C16H23NO.ClH/c17-12-11-15-8-3-4-9-16(15,18)10-7-13-5-1-2-6-14(13)15;/h1-2,5-6,18H,3-4,7-12,17H2;1H/t15-,16+;/m0./s1. The largest absolute Gasteiger partial charge is 0.389 e. The SMILES string of the molecule is Cl.NCC[C@]12CCCC[C@@]1(O)CCc1ccccc12. The number of hydrogen-bond donors (Lipinski definition) is 2. The first-order valence-corrected chi connectivity index (χ1v) is 7.23. The summed E-state index contributed by atoms with van der Waals surface area (Å²) in [5.41, 5.74) is 8.08. The summed E-state index contributed by atoms with van der Waals surface area (Å²) < 4.78 is 0. The molecule has 1 aromatic rings. The molecule has 2 nitrogen and oxygen atoms in total. The summed E-state index contributed by atoms with van der Waals surface area (Å²) in [4.78, 5) is 0. The van der Waals surface area contributed by atoms with Gasteiger partial charge in [0.25, 0.3) is 0 Å². The summed E-state index contributed by atoms with van der Waals surface area (Å²) in [5.74, 6) is 0. The molecule has 19 heavy (non-hydrogen) atoms. The minimum Gasteiger partial charge on any atom is -0.389 e. The van der Waals surface area contributed by atoms with Gasteiger partial charge in [-0.2, -0.15) is 0 Å². The fraction of sp³-hybridized carbons (Fsp3) is 0.625. The fourth-order valence-electron chi connectivity index (χ4n) is 4.35. The molecule has 2 aliphatic carbocycles. The summed E-state index contributed by atoms with van der Waals surface area (Å²) in [7, 11) is 0. The van der Waals surface area contributed by atoms with E-state index in [1.807, 2.05) is 0 Å². The predicted octanol–water partition coefficient (Wildman–Crippen LogP) is 2.95. The van der Waals surface area contributed by atoms with Crippen molar-refractivity contribution in [1.29, 1.82) is 0 Å². The van der Waals surface area contributed by atoms with Crippen LogP contribution in [0.1, 0.15) is 49.7 Å². The lowest BCUT2D eigenvalue weighted by Gasteiger charge is -2.54. The summed E-state index contributed by atoms with van der Waals surface area (Å²) >= 11 is 0. The highest BCUT2D eigenvalue weighted by atomic mass is 35.5. The first-order chi connectivity index (χ1) is 8.72. The molecule has 1 saturated carbocycles. The van der Waals surface area contributed by atoms with E-state index in [4.69, 9.17) is 5.73 Å². The molecule has 2 atom stereocenters. The molecule has 0 unspecified atom stereocenters. The molecule has 0 aliphatic heterocycles. The Labute approximate surface area is 121 Å². The van der Waals surface area contributed by atoms with E-state index in [-0.39, 0.29) is 17.8 Å². The predicted molar refractivity (Wildman–Crippen MR) is 80.8 cm³/mol. The van der Waals surface area contributed by atoms with E-state index >= 15 is 0 Å². The lowest BCUT2D eigenvalue weighted by atomic mass is 9.53. The van der Waals surface area contributed by atoms with Crippen LogP contribution in [-0.2, 0) is 11.8 Å². The van der Waals surface area contributed by atoms with Gasteiger partial charge in [0.05, 0.1) is 5.60 Å². The normalized spacial score (nSPS) is 32.9. The van der Waals surface area contributed by atoms with E-state index < -0.39 is 5.60 Å². The molecule has 3 N–H and O–H groups in total. The second-order valence-electron chi connectivity index (χ2n) is 6.02. The van der Waals surface area contributed by atoms with Gasteiger partial charge in [-0.15, -0.1) is 12.4 Å². The Balaban J connectivity index is 0.00000133. The molecule has 0 amide bonds. The molecule has 3 rings (SSSR count). The third-order valence-corrected chi connectivity index (χ3v) is 5.25. The molecule has 1 fully saturated rings. The van der Waals surface area contributed by atoms with Gasteiger partial charge in [-0.3, -0.25) is 0 Å². The van der Waals surface area contributed by atoms with Crippen LogP contribution in [-0.4, -0.2) is 17.3 Å². The average molecular weight is 282 g/mol. The highest BCUT2D eigenvalue weighted by Gasteiger charge is 2.54. The first-order valence-electron chi connectivity index (χ1n) is 7.23. The minimum absolute atomic E-state index is 0. The second kappa shape index (κ2) is 5.43. The first kappa shape index (κ1) is 14.8. The van der Waals surface area contributed by atoms with Crippen molar-refractivity contribution in [1.82, 2.24) is 0 Å². The Bertz CT molecular complexity index is 446. The molecular weight excluding hydrogens is 258 g/mol. The van der Waals surface area contributed by atoms with Gasteiger partial charge in [0.2, 0.25) is 0 Å². The van der Waals surface area contributed by atoms with Crippen molar-refractivity contribution in [3.05, 3.63) is 35.4 Å². The molecule has 0 saturated heterocycles. The van der Waals surface area contributed by atoms with Crippen molar-refractivity contribution >= 4 is 12.4 Å². The van der Waals surface area contributed by atoms with E-state index in [2.05, 4.69) is 24.3 Å². The van der Waals surface area contributed by atoms with Gasteiger partial charge in [-0.05, 0) is 49.8 Å². The van der Waals surface area contributed by atoms with Gasteiger partial charge >= 0.3 is 0 Å². The Morgan fingerprint density at radius 1 is 1.11 bits per heavy atom. The number of halogens is 1. The monoisotopic (exact) mass is 281 g/mol. The van der Waals surface area contributed by atoms with Crippen LogP contribution in [0, 0.1) is 0 Å². The Kier molecular flexibility index (Phi) is 4.24. The van der Waals surface area contributed by atoms with Gasteiger partial charge in [0.15, 0.2) is 0 Å². The quantitative estimate of drug-likeness (QED) is 0.875. The van der Waals surface area contributed by atoms with Crippen molar-refractivity contribution in [2.45, 2.75) is 56.0 Å². The van der Waals surface area contributed by atoms with Crippen LogP contribution >= 0.6 is 12.4 Å². The number of aryl methyl sites for hydroxylation is 1. The number of aliphatic hydroxyl groups is 1. The van der Waals surface area contributed by atoms with Crippen LogP contribution in [0.3, 0.4) is 0 Å². The lowest BCUT2D eigenvalue weighted by Crippen LogP contribution is -2.57. The smallest absolute Gasteiger partial charge is 0.0747 e. The van der Waals surface area contributed by atoms with Crippen molar-refractivity contribution in [2.24, 2.45) is 5.73 Å². The second-order valence-corrected chi connectivity index (χ2v) is 6.02. The van der Waals surface area contributed by atoms with E-state index in [0.29, 0.717) is 6.54 Å². The third kappa shape index (κ3) is 2.10. The number of nitrogens with two attached hydrogens (primary N) is 1. The van der Waals surface area contributed by atoms with Gasteiger partial charge in [0.1, 0.15) is 0 Å². The maximum absolute atomic E-state index is 11.2. The number of fused-ring (bicyclic) bond motifs is 3. The van der Waals surface area contributed by atoms with Crippen molar-refractivity contribution in [2.75, 3.05) is 6.54 Å². The van der Waals surface area contributed by atoms with Crippen LogP contribution in [0.5, 0.6) is 0 Å². The van der Waals surface area contributed by atoms with E-state index in [1.54, 1.807) is 0 Å². The average Bonchev–Trinajstić information content (AvgIpc) is 2.40. The zero-order valence-electron chi connectivity index (χ0n) is 11.4. The molecule has 0 aromatic heterocycles. The summed E-state index contributed by atoms with van der Waals surface area (Å²) in [6, 6.07) is 8.67. The summed E-state index contributed by atoms with van der Waals surface area (Å²) in [6.45, 7) is 0.663. The summed E-state index contributed by atoms with van der Waals surface area (Å²) in [5, 5.41) is 11.2. The van der Waals surface area contributed by atoms with Crippen molar-refractivity contribution < 1.29 is 5.11 Å². The number of benzene rings is 1. The van der Waals surface area contributed by atoms with E-state index in [9.17, 15) is 5.11 Å². The van der Waals surface area contributed by atoms with E-state index in [1.165, 1.54) is 17.5 Å². The topological polar surface area (TPSA) is 46.2 Å². The molecule has 2 aliphatic rings. The summed E-state index contributed by atoms with van der Waals surface area (Å²) in [6.07, 6.45) is 7.25. The number of rotatable bonds is 2. The molecular formula is C16H24ClNO. The molecule has 0 heterocycles. The van der Waals surface area contributed by atoms with E-state index in [0.717, 1.165) is 38.5 Å². The molecule has 106 valence electrons. The maximum Gasteiger partial charge on any atom is 0.0747 e. The third-order valence-electron chi connectivity index (χ3n) is 5.25. The Morgan fingerprint density at radius 3 is 2.63 bits per heavy atom. The van der Waals surface area contributed by atoms with Gasteiger partial charge in [0, 0.05) is 5.41 Å². The van der Waals surface area contributed by atoms with Crippen LogP contribution < -0.4 is 5.73 Å². The number of hydrogen-bond acceptors (Lipinski definition) is 2. The van der Waals surface area contributed by atoms with Crippen molar-refractivity contribution in [3.63, 3.8) is 0 Å². The van der Waals surface area contributed by atoms with Gasteiger partial charge in [-0.1, -0.05) is 37.1 Å². The molecule has 3 heteroatoms. The Morgan fingerprint density at radius 2 is 1.84 bits per heavy atom.